The summed E-state index contributed by atoms with van der Waals surface area (Å²) < 4.78 is 26.2. The number of benzene rings is 3. The first-order chi connectivity index (χ1) is 13.2. The van der Waals surface area contributed by atoms with Crippen LogP contribution in [0.5, 0.6) is 11.5 Å². The van der Waals surface area contributed by atoms with E-state index in [-0.39, 0.29) is 11.3 Å². The molecule has 0 aromatic heterocycles. The molecule has 0 aliphatic carbocycles. The van der Waals surface area contributed by atoms with E-state index in [9.17, 15) is 4.57 Å². The number of hydrogen-bond acceptors (Lipinski definition) is 3. The smallest absolute Gasteiger partial charge is 0.262 e. The fourth-order valence-electron chi connectivity index (χ4n) is 3.97. The summed E-state index contributed by atoms with van der Waals surface area (Å²) in [4.78, 5) is 0. The van der Waals surface area contributed by atoms with Gasteiger partial charge >= 0.3 is 0 Å². The van der Waals surface area contributed by atoms with Gasteiger partial charge in [0.1, 0.15) is 0 Å². The van der Waals surface area contributed by atoms with E-state index < -0.39 is 7.37 Å². The maximum atomic E-state index is 14.4. The van der Waals surface area contributed by atoms with E-state index in [0.717, 1.165) is 24.0 Å². The highest BCUT2D eigenvalue weighted by atomic mass is 31.2. The molecule has 0 N–H and O–H groups in total. The number of para-hydroxylation sites is 2. The second-order valence-electron chi connectivity index (χ2n) is 6.82. The minimum absolute atomic E-state index is 0.117. The SMILES string of the molecule is COc1ccccc1OP1(=O)[C@H](c2ccccc2)CC[C@H]1c1ccccc1. The lowest BCUT2D eigenvalue weighted by atomic mass is 10.0. The molecule has 0 amide bonds. The Morgan fingerprint density at radius 2 is 1.15 bits per heavy atom. The summed E-state index contributed by atoms with van der Waals surface area (Å²) in [5.41, 5.74) is 1.92. The normalized spacial score (nSPS) is 20.9. The minimum Gasteiger partial charge on any atom is -0.493 e. The van der Waals surface area contributed by atoms with Crippen LogP contribution in [-0.2, 0) is 4.57 Å². The van der Waals surface area contributed by atoms with Gasteiger partial charge in [0, 0.05) is 0 Å². The molecule has 4 rings (SSSR count). The van der Waals surface area contributed by atoms with Crippen LogP contribution in [0.15, 0.2) is 84.9 Å². The molecule has 1 aliphatic rings. The van der Waals surface area contributed by atoms with Gasteiger partial charge in [-0.2, -0.15) is 0 Å². The van der Waals surface area contributed by atoms with Crippen molar-refractivity contribution in [2.75, 3.05) is 7.11 Å². The molecule has 0 saturated carbocycles. The van der Waals surface area contributed by atoms with Gasteiger partial charge in [-0.1, -0.05) is 72.8 Å². The van der Waals surface area contributed by atoms with Crippen LogP contribution < -0.4 is 9.26 Å². The highest BCUT2D eigenvalue weighted by Crippen LogP contribution is 2.76. The molecule has 1 fully saturated rings. The molecule has 3 aromatic rings. The summed E-state index contributed by atoms with van der Waals surface area (Å²) in [6, 6.07) is 27.6. The molecule has 0 radical (unpaired) electrons. The molecule has 1 aliphatic heterocycles. The van der Waals surface area contributed by atoms with E-state index in [0.29, 0.717) is 11.5 Å². The van der Waals surface area contributed by atoms with E-state index in [2.05, 4.69) is 24.3 Å². The summed E-state index contributed by atoms with van der Waals surface area (Å²) in [6.07, 6.45) is 1.69. The monoisotopic (exact) mass is 378 g/mol. The fraction of sp³-hybridized carbons (Fsp3) is 0.217. The van der Waals surface area contributed by atoms with Gasteiger partial charge in [0.15, 0.2) is 11.5 Å². The van der Waals surface area contributed by atoms with E-state index in [4.69, 9.17) is 9.26 Å². The van der Waals surface area contributed by atoms with E-state index in [1.54, 1.807) is 7.11 Å². The van der Waals surface area contributed by atoms with Crippen molar-refractivity contribution >= 4 is 7.37 Å². The topological polar surface area (TPSA) is 35.5 Å². The first kappa shape index (κ1) is 17.9. The number of rotatable bonds is 5. The van der Waals surface area contributed by atoms with Gasteiger partial charge < -0.3 is 9.26 Å². The van der Waals surface area contributed by atoms with Gasteiger partial charge in [-0.3, -0.25) is 4.57 Å². The summed E-state index contributed by atoms with van der Waals surface area (Å²) in [5, 5.41) is 0. The van der Waals surface area contributed by atoms with Crippen molar-refractivity contribution in [2.45, 2.75) is 24.2 Å². The lowest BCUT2D eigenvalue weighted by Crippen LogP contribution is -2.05. The summed E-state index contributed by atoms with van der Waals surface area (Å²) >= 11 is 0. The van der Waals surface area contributed by atoms with Gasteiger partial charge in [0.05, 0.1) is 18.4 Å². The predicted molar refractivity (Wildman–Crippen MR) is 109 cm³/mol. The Bertz CT molecular complexity index is 889. The van der Waals surface area contributed by atoms with Crippen molar-refractivity contribution in [1.82, 2.24) is 0 Å². The van der Waals surface area contributed by atoms with Crippen LogP contribution in [0.2, 0.25) is 0 Å². The third kappa shape index (κ3) is 3.40. The molecule has 0 spiro atoms. The second-order valence-corrected chi connectivity index (χ2v) is 9.54. The maximum Gasteiger partial charge on any atom is 0.262 e. The second kappa shape index (κ2) is 7.62. The molecule has 0 bridgehead atoms. The van der Waals surface area contributed by atoms with E-state index >= 15 is 0 Å². The van der Waals surface area contributed by atoms with Crippen LogP contribution in [0.1, 0.15) is 35.3 Å². The molecular weight excluding hydrogens is 355 g/mol. The van der Waals surface area contributed by atoms with Gasteiger partial charge in [0.2, 0.25) is 0 Å². The zero-order valence-electron chi connectivity index (χ0n) is 15.3. The van der Waals surface area contributed by atoms with Crippen LogP contribution in [0.3, 0.4) is 0 Å². The molecule has 1 heterocycles. The molecule has 27 heavy (non-hydrogen) atoms. The van der Waals surface area contributed by atoms with Crippen molar-refractivity contribution < 1.29 is 13.8 Å². The third-order valence-electron chi connectivity index (χ3n) is 5.26. The molecular formula is C23H23O3P. The van der Waals surface area contributed by atoms with Gasteiger partial charge in [-0.15, -0.1) is 0 Å². The van der Waals surface area contributed by atoms with Crippen molar-refractivity contribution in [1.29, 1.82) is 0 Å². The van der Waals surface area contributed by atoms with Crippen LogP contribution in [-0.4, -0.2) is 7.11 Å². The molecule has 3 nitrogen and oxygen atoms in total. The highest BCUT2D eigenvalue weighted by molar-refractivity contribution is 7.60. The summed E-state index contributed by atoms with van der Waals surface area (Å²) in [5.74, 6) is 1.16. The van der Waals surface area contributed by atoms with Crippen LogP contribution in [0.4, 0.5) is 0 Å². The van der Waals surface area contributed by atoms with E-state index in [1.165, 1.54) is 0 Å². The van der Waals surface area contributed by atoms with Crippen LogP contribution >= 0.6 is 7.37 Å². The number of ether oxygens (including phenoxy) is 1. The molecule has 2 atom stereocenters. The first-order valence-corrected chi connectivity index (χ1v) is 11.0. The quantitative estimate of drug-likeness (QED) is 0.468. The fourth-order valence-corrected chi connectivity index (χ4v) is 7.31. The average molecular weight is 378 g/mol. The molecule has 0 unspecified atom stereocenters. The van der Waals surface area contributed by atoms with Crippen LogP contribution in [0, 0.1) is 0 Å². The van der Waals surface area contributed by atoms with Crippen LogP contribution in [0.25, 0.3) is 0 Å². The van der Waals surface area contributed by atoms with Gasteiger partial charge in [-0.25, -0.2) is 0 Å². The Kier molecular flexibility index (Phi) is 5.05. The lowest BCUT2D eigenvalue weighted by Gasteiger charge is -2.27. The standard InChI is InChI=1S/C23H23O3P/c1-25-20-14-8-9-15-21(20)26-27(24)22(18-10-4-2-5-11-18)16-17-23(27)19-12-6-3-7-13-19/h2-15,22-23H,16-17H2,1H3/t22-,23-/m0/s1. The molecule has 1 saturated heterocycles. The summed E-state index contributed by atoms with van der Waals surface area (Å²) in [7, 11) is -1.47. The Balaban J connectivity index is 1.79. The Labute approximate surface area is 160 Å². The minimum atomic E-state index is -3.08. The lowest BCUT2D eigenvalue weighted by molar-refractivity contribution is 0.387. The van der Waals surface area contributed by atoms with Gasteiger partial charge in [0.25, 0.3) is 7.37 Å². The largest absolute Gasteiger partial charge is 0.493 e. The number of hydrogen-bond donors (Lipinski definition) is 0. The Morgan fingerprint density at radius 3 is 1.63 bits per heavy atom. The first-order valence-electron chi connectivity index (χ1n) is 9.24. The van der Waals surface area contributed by atoms with Crippen molar-refractivity contribution in [2.24, 2.45) is 0 Å². The molecule has 138 valence electrons. The average Bonchev–Trinajstić information content (AvgIpc) is 3.06. The number of methoxy groups -OCH3 is 1. The highest BCUT2D eigenvalue weighted by Gasteiger charge is 2.50. The zero-order valence-corrected chi connectivity index (χ0v) is 16.2. The maximum absolute atomic E-state index is 14.4. The summed E-state index contributed by atoms with van der Waals surface area (Å²) in [6.45, 7) is 0. The van der Waals surface area contributed by atoms with Crippen molar-refractivity contribution in [3.8, 4) is 11.5 Å². The molecule has 3 aromatic carbocycles. The van der Waals surface area contributed by atoms with E-state index in [1.807, 2.05) is 60.7 Å². The molecule has 4 heteroatoms. The predicted octanol–water partition coefficient (Wildman–Crippen LogP) is 6.63. The third-order valence-corrected chi connectivity index (χ3v) is 8.59. The van der Waals surface area contributed by atoms with Crippen molar-refractivity contribution in [3.05, 3.63) is 96.1 Å². The van der Waals surface area contributed by atoms with Gasteiger partial charge in [-0.05, 0) is 36.1 Å². The zero-order chi connectivity index (χ0) is 18.7. The Morgan fingerprint density at radius 1 is 0.704 bits per heavy atom. The Hall–Kier alpha value is -2.51. The van der Waals surface area contributed by atoms with Crippen molar-refractivity contribution in [3.63, 3.8) is 0 Å².